The summed E-state index contributed by atoms with van der Waals surface area (Å²) in [5.41, 5.74) is 1.94. The maximum absolute atomic E-state index is 12.9. The molecule has 0 N–H and O–H groups in total. The molecule has 142 valence electrons. The number of fused-ring (bicyclic) bond motifs is 1. The third-order valence-electron chi connectivity index (χ3n) is 5.47. The topological polar surface area (TPSA) is 84.2 Å². The first-order valence-electron chi connectivity index (χ1n) is 9.45. The predicted molar refractivity (Wildman–Crippen MR) is 99.0 cm³/mol. The number of nitrogens with zero attached hydrogens (tertiary/aromatic N) is 6. The number of amides is 2. The fraction of sp³-hybridized carbons (Fsp3) is 0.526. The van der Waals surface area contributed by atoms with Crippen LogP contribution >= 0.6 is 0 Å². The second-order valence-electron chi connectivity index (χ2n) is 7.22. The molecule has 1 fully saturated rings. The van der Waals surface area contributed by atoms with Crippen molar-refractivity contribution in [3.8, 4) is 0 Å². The lowest BCUT2D eigenvalue weighted by Gasteiger charge is -2.36. The number of carbonyl (C=O) groups is 2. The van der Waals surface area contributed by atoms with Crippen molar-refractivity contribution in [2.75, 3.05) is 18.5 Å². The van der Waals surface area contributed by atoms with Gasteiger partial charge in [-0.15, -0.1) is 0 Å². The number of rotatable bonds is 3. The minimum atomic E-state index is -0.156. The lowest BCUT2D eigenvalue weighted by Crippen LogP contribution is -2.41. The van der Waals surface area contributed by atoms with Gasteiger partial charge in [-0.3, -0.25) is 19.2 Å². The Labute approximate surface area is 158 Å². The van der Waals surface area contributed by atoms with Crippen LogP contribution in [0.1, 0.15) is 48.8 Å². The van der Waals surface area contributed by atoms with Crippen molar-refractivity contribution >= 4 is 17.6 Å². The van der Waals surface area contributed by atoms with E-state index in [2.05, 4.69) is 5.10 Å². The van der Waals surface area contributed by atoms with Gasteiger partial charge in [-0.05, 0) is 38.7 Å². The number of carbonyl (C=O) groups excluding carboxylic acids is 2. The van der Waals surface area contributed by atoms with Gasteiger partial charge in [0.15, 0.2) is 5.82 Å². The van der Waals surface area contributed by atoms with Gasteiger partial charge < -0.3 is 4.90 Å². The van der Waals surface area contributed by atoms with Gasteiger partial charge >= 0.3 is 0 Å². The Bertz CT molecular complexity index is 863. The van der Waals surface area contributed by atoms with Crippen LogP contribution in [0.3, 0.4) is 0 Å². The molecule has 8 nitrogen and oxygen atoms in total. The molecule has 0 bridgehead atoms. The van der Waals surface area contributed by atoms with E-state index in [1.54, 1.807) is 29.0 Å². The quantitative estimate of drug-likeness (QED) is 0.822. The highest BCUT2D eigenvalue weighted by molar-refractivity contribution is 5.94. The summed E-state index contributed by atoms with van der Waals surface area (Å²) in [5.74, 6) is 1.42. The first kappa shape index (κ1) is 17.6. The van der Waals surface area contributed by atoms with E-state index in [0.717, 1.165) is 30.5 Å². The standard InChI is InChI=1S/C19H24N6O2/c1-13-14-7-8-16(26)23(2)19(14)22-18(21-13)15-6-3-4-11-25(15)17(27)12-24-10-5-9-20-24/h5,9-10,15H,3-4,6-8,11-12H2,1-2H3/t15-/m0/s1. The van der Waals surface area contributed by atoms with Crippen LogP contribution in [-0.2, 0) is 22.6 Å². The molecule has 0 spiro atoms. The van der Waals surface area contributed by atoms with E-state index < -0.39 is 0 Å². The van der Waals surface area contributed by atoms with Crippen molar-refractivity contribution in [2.45, 2.75) is 51.6 Å². The maximum atomic E-state index is 12.9. The average Bonchev–Trinajstić information content (AvgIpc) is 3.18. The Hall–Kier alpha value is -2.77. The molecule has 2 aromatic heterocycles. The third-order valence-corrected chi connectivity index (χ3v) is 5.47. The molecule has 0 aromatic carbocycles. The predicted octanol–water partition coefficient (Wildman–Crippen LogP) is 1.64. The molecule has 1 atom stereocenters. The summed E-state index contributed by atoms with van der Waals surface area (Å²) in [6.45, 7) is 2.87. The zero-order valence-electron chi connectivity index (χ0n) is 15.8. The smallest absolute Gasteiger partial charge is 0.244 e. The van der Waals surface area contributed by atoms with Crippen LogP contribution in [-0.4, -0.2) is 50.1 Å². The highest BCUT2D eigenvalue weighted by Gasteiger charge is 2.33. The highest BCUT2D eigenvalue weighted by atomic mass is 16.2. The van der Waals surface area contributed by atoms with Crippen LogP contribution in [0.5, 0.6) is 0 Å². The SMILES string of the molecule is Cc1nc([C@@H]2CCCCN2C(=O)Cn2cccn2)nc2c1CCC(=O)N2C. The van der Waals surface area contributed by atoms with Crippen molar-refractivity contribution in [1.29, 1.82) is 0 Å². The van der Waals surface area contributed by atoms with Crippen molar-refractivity contribution in [3.63, 3.8) is 0 Å². The summed E-state index contributed by atoms with van der Waals surface area (Å²) >= 11 is 0. The lowest BCUT2D eigenvalue weighted by atomic mass is 9.99. The van der Waals surface area contributed by atoms with Crippen LogP contribution < -0.4 is 4.90 Å². The average molecular weight is 368 g/mol. The van der Waals surface area contributed by atoms with Crippen molar-refractivity contribution in [1.82, 2.24) is 24.6 Å². The Morgan fingerprint density at radius 2 is 2.11 bits per heavy atom. The molecule has 2 amide bonds. The molecule has 0 saturated carbocycles. The fourth-order valence-electron chi connectivity index (χ4n) is 3.96. The van der Waals surface area contributed by atoms with Gasteiger partial charge in [0.1, 0.15) is 12.4 Å². The van der Waals surface area contributed by atoms with Crippen LogP contribution in [0.15, 0.2) is 18.5 Å². The van der Waals surface area contributed by atoms with Crippen LogP contribution in [0, 0.1) is 6.92 Å². The van der Waals surface area contributed by atoms with Crippen molar-refractivity contribution in [2.24, 2.45) is 0 Å². The second kappa shape index (κ2) is 7.09. The summed E-state index contributed by atoms with van der Waals surface area (Å²) in [6, 6.07) is 1.65. The molecule has 27 heavy (non-hydrogen) atoms. The molecule has 4 heterocycles. The normalized spacial score (nSPS) is 19.9. The Kier molecular flexibility index (Phi) is 4.63. The molecular formula is C19H24N6O2. The van der Waals surface area contributed by atoms with Gasteiger partial charge in [0, 0.05) is 43.7 Å². The summed E-state index contributed by atoms with van der Waals surface area (Å²) in [4.78, 5) is 37.9. The fourth-order valence-corrected chi connectivity index (χ4v) is 3.96. The number of likely N-dealkylation sites (tertiary alicyclic amines) is 1. The molecular weight excluding hydrogens is 344 g/mol. The Morgan fingerprint density at radius 1 is 1.26 bits per heavy atom. The molecule has 2 aliphatic heterocycles. The first-order valence-corrected chi connectivity index (χ1v) is 9.45. The van der Waals surface area contributed by atoms with E-state index in [9.17, 15) is 9.59 Å². The number of aryl methyl sites for hydroxylation is 1. The molecule has 8 heteroatoms. The van der Waals surface area contributed by atoms with E-state index in [0.29, 0.717) is 31.0 Å². The van der Waals surface area contributed by atoms with Crippen LogP contribution in [0.4, 0.5) is 5.82 Å². The van der Waals surface area contributed by atoms with E-state index in [1.165, 1.54) is 0 Å². The van der Waals surface area contributed by atoms with E-state index in [4.69, 9.17) is 9.97 Å². The zero-order valence-corrected chi connectivity index (χ0v) is 15.8. The maximum Gasteiger partial charge on any atom is 0.244 e. The largest absolute Gasteiger partial charge is 0.331 e. The van der Waals surface area contributed by atoms with E-state index in [-0.39, 0.29) is 24.4 Å². The number of piperidine rings is 1. The molecule has 1 saturated heterocycles. The van der Waals surface area contributed by atoms with E-state index >= 15 is 0 Å². The van der Waals surface area contributed by atoms with Crippen LogP contribution in [0.2, 0.25) is 0 Å². The molecule has 2 aromatic rings. The van der Waals surface area contributed by atoms with E-state index in [1.807, 2.05) is 17.9 Å². The molecule has 4 rings (SSSR count). The monoisotopic (exact) mass is 368 g/mol. The van der Waals surface area contributed by atoms with Gasteiger partial charge in [-0.1, -0.05) is 0 Å². The molecule has 2 aliphatic rings. The molecule has 0 aliphatic carbocycles. The minimum Gasteiger partial charge on any atom is -0.331 e. The lowest BCUT2D eigenvalue weighted by molar-refractivity contribution is -0.136. The number of hydrogen-bond donors (Lipinski definition) is 0. The minimum absolute atomic E-state index is 0.0202. The third kappa shape index (κ3) is 3.31. The first-order chi connectivity index (χ1) is 13.0. The van der Waals surface area contributed by atoms with Crippen molar-refractivity contribution < 1.29 is 9.59 Å². The zero-order chi connectivity index (χ0) is 19.0. The number of hydrogen-bond acceptors (Lipinski definition) is 5. The summed E-state index contributed by atoms with van der Waals surface area (Å²) < 4.78 is 1.64. The molecule has 0 unspecified atom stereocenters. The van der Waals surface area contributed by atoms with Gasteiger partial charge in [0.05, 0.1) is 6.04 Å². The Balaban J connectivity index is 1.65. The summed E-state index contributed by atoms with van der Waals surface area (Å²) in [7, 11) is 1.76. The molecule has 0 radical (unpaired) electrons. The second-order valence-corrected chi connectivity index (χ2v) is 7.22. The van der Waals surface area contributed by atoms with Gasteiger partial charge in [-0.25, -0.2) is 9.97 Å². The van der Waals surface area contributed by atoms with Gasteiger partial charge in [0.25, 0.3) is 0 Å². The van der Waals surface area contributed by atoms with Gasteiger partial charge in [0.2, 0.25) is 11.8 Å². The summed E-state index contributed by atoms with van der Waals surface area (Å²) in [6.07, 6.45) is 7.47. The number of anilines is 1. The van der Waals surface area contributed by atoms with Crippen LogP contribution in [0.25, 0.3) is 0 Å². The van der Waals surface area contributed by atoms with Crippen molar-refractivity contribution in [3.05, 3.63) is 35.5 Å². The number of aromatic nitrogens is 4. The Morgan fingerprint density at radius 3 is 2.89 bits per heavy atom. The van der Waals surface area contributed by atoms with Gasteiger partial charge in [-0.2, -0.15) is 5.10 Å². The summed E-state index contributed by atoms with van der Waals surface area (Å²) in [5, 5.41) is 4.13. The highest BCUT2D eigenvalue weighted by Crippen LogP contribution is 2.33.